The Bertz CT molecular complexity index is 888. The maximum Gasteiger partial charge on any atom is 0.132 e. The van der Waals surface area contributed by atoms with Crippen LogP contribution in [0.3, 0.4) is 0 Å². The van der Waals surface area contributed by atoms with Gasteiger partial charge in [-0.25, -0.2) is 9.67 Å². The zero-order valence-electron chi connectivity index (χ0n) is 13.8. The third-order valence-electron chi connectivity index (χ3n) is 3.79. The number of thiazole rings is 1. The summed E-state index contributed by atoms with van der Waals surface area (Å²) in [4.78, 5) is 4.44. The van der Waals surface area contributed by atoms with Gasteiger partial charge in [0.15, 0.2) is 0 Å². The minimum Gasteiger partial charge on any atom is -0.307 e. The Balaban J connectivity index is 1.69. The first-order valence-electron chi connectivity index (χ1n) is 7.71. The van der Waals surface area contributed by atoms with Gasteiger partial charge in [0.25, 0.3) is 0 Å². The van der Waals surface area contributed by atoms with Crippen LogP contribution < -0.4 is 5.32 Å². The molecule has 0 saturated heterocycles. The lowest BCUT2D eigenvalue weighted by molar-refractivity contribution is 0.672. The number of hydrogen-bond donors (Lipinski definition) is 1. The standard InChI is InChI=1S/C17H17Cl3N4S/c1-10-15(7-21-6-14-9-25-11(2)22-14)17(20)24(23-10)8-12-3-4-13(18)5-16(12)19/h3-5,9,21H,6-8H2,1-2H3. The van der Waals surface area contributed by atoms with Crippen LogP contribution in [-0.2, 0) is 19.6 Å². The molecular formula is C17H17Cl3N4S. The molecule has 132 valence electrons. The summed E-state index contributed by atoms with van der Waals surface area (Å²) in [6, 6.07) is 5.42. The number of nitrogens with zero attached hydrogens (tertiary/aromatic N) is 3. The average molecular weight is 416 g/mol. The molecule has 0 bridgehead atoms. The second-order valence-electron chi connectivity index (χ2n) is 5.71. The summed E-state index contributed by atoms with van der Waals surface area (Å²) in [6.45, 7) is 5.79. The van der Waals surface area contributed by atoms with Gasteiger partial charge in [-0.05, 0) is 31.5 Å². The molecule has 0 aliphatic carbocycles. The van der Waals surface area contributed by atoms with Gasteiger partial charge in [-0.15, -0.1) is 11.3 Å². The fourth-order valence-electron chi connectivity index (χ4n) is 2.51. The van der Waals surface area contributed by atoms with Crippen molar-refractivity contribution in [2.75, 3.05) is 0 Å². The fraction of sp³-hybridized carbons (Fsp3) is 0.294. The molecule has 3 rings (SSSR count). The molecule has 0 radical (unpaired) electrons. The Morgan fingerprint density at radius 2 is 1.96 bits per heavy atom. The quantitative estimate of drug-likeness (QED) is 0.597. The van der Waals surface area contributed by atoms with E-state index in [1.165, 1.54) is 0 Å². The molecule has 1 aromatic carbocycles. The molecule has 8 heteroatoms. The highest BCUT2D eigenvalue weighted by Gasteiger charge is 2.14. The summed E-state index contributed by atoms with van der Waals surface area (Å²) < 4.78 is 1.76. The van der Waals surface area contributed by atoms with Crippen LogP contribution in [0, 0.1) is 13.8 Å². The van der Waals surface area contributed by atoms with Gasteiger partial charge in [-0.2, -0.15) is 5.10 Å². The number of aromatic nitrogens is 3. The lowest BCUT2D eigenvalue weighted by atomic mass is 10.2. The van der Waals surface area contributed by atoms with Gasteiger partial charge < -0.3 is 5.32 Å². The van der Waals surface area contributed by atoms with Gasteiger partial charge in [0.05, 0.1) is 22.9 Å². The van der Waals surface area contributed by atoms with E-state index in [1.54, 1.807) is 22.1 Å². The van der Waals surface area contributed by atoms with E-state index >= 15 is 0 Å². The summed E-state index contributed by atoms with van der Waals surface area (Å²) in [5.41, 5.74) is 3.85. The Morgan fingerprint density at radius 1 is 1.16 bits per heavy atom. The smallest absolute Gasteiger partial charge is 0.132 e. The molecule has 0 unspecified atom stereocenters. The predicted molar refractivity (Wildman–Crippen MR) is 105 cm³/mol. The SMILES string of the molecule is Cc1nc(CNCc2c(C)nn(Cc3ccc(Cl)cc3Cl)c2Cl)cs1. The minimum absolute atomic E-state index is 0.501. The molecule has 0 saturated carbocycles. The molecule has 2 heterocycles. The van der Waals surface area contributed by atoms with Crippen molar-refractivity contribution in [3.8, 4) is 0 Å². The maximum absolute atomic E-state index is 6.53. The highest BCUT2D eigenvalue weighted by atomic mass is 35.5. The monoisotopic (exact) mass is 414 g/mol. The number of rotatable bonds is 6. The minimum atomic E-state index is 0.501. The first-order valence-corrected chi connectivity index (χ1v) is 9.73. The molecule has 2 aromatic heterocycles. The second-order valence-corrected chi connectivity index (χ2v) is 7.97. The summed E-state index contributed by atoms with van der Waals surface area (Å²) in [7, 11) is 0. The Morgan fingerprint density at radius 3 is 2.64 bits per heavy atom. The molecule has 1 N–H and O–H groups in total. The van der Waals surface area contributed by atoms with Crippen LogP contribution in [-0.4, -0.2) is 14.8 Å². The van der Waals surface area contributed by atoms with Gasteiger partial charge in [-0.1, -0.05) is 40.9 Å². The first kappa shape index (κ1) is 18.7. The van der Waals surface area contributed by atoms with Crippen molar-refractivity contribution >= 4 is 46.1 Å². The van der Waals surface area contributed by atoms with E-state index in [9.17, 15) is 0 Å². The number of halogens is 3. The van der Waals surface area contributed by atoms with Gasteiger partial charge in [-0.3, -0.25) is 0 Å². The Kier molecular flexibility index (Phi) is 6.02. The van der Waals surface area contributed by atoms with Crippen LogP contribution in [0.2, 0.25) is 15.2 Å². The van der Waals surface area contributed by atoms with Crippen molar-refractivity contribution in [1.29, 1.82) is 0 Å². The number of hydrogen-bond acceptors (Lipinski definition) is 4. The number of aryl methyl sites for hydroxylation is 2. The van der Waals surface area contributed by atoms with Crippen molar-refractivity contribution in [2.45, 2.75) is 33.5 Å². The van der Waals surface area contributed by atoms with Crippen molar-refractivity contribution in [1.82, 2.24) is 20.1 Å². The van der Waals surface area contributed by atoms with Crippen LogP contribution in [0.4, 0.5) is 0 Å². The largest absolute Gasteiger partial charge is 0.307 e. The normalized spacial score (nSPS) is 11.2. The van der Waals surface area contributed by atoms with Crippen LogP contribution in [0.1, 0.15) is 27.5 Å². The highest BCUT2D eigenvalue weighted by molar-refractivity contribution is 7.09. The second kappa shape index (κ2) is 8.06. The summed E-state index contributed by atoms with van der Waals surface area (Å²) in [5.74, 6) is 0. The van der Waals surface area contributed by atoms with Crippen molar-refractivity contribution < 1.29 is 0 Å². The topological polar surface area (TPSA) is 42.7 Å². The van der Waals surface area contributed by atoms with E-state index in [-0.39, 0.29) is 0 Å². The van der Waals surface area contributed by atoms with E-state index in [4.69, 9.17) is 34.8 Å². The van der Waals surface area contributed by atoms with Gasteiger partial charge in [0, 0.05) is 34.1 Å². The number of nitrogens with one attached hydrogen (secondary N) is 1. The van der Waals surface area contributed by atoms with Crippen LogP contribution in [0.25, 0.3) is 0 Å². The van der Waals surface area contributed by atoms with Gasteiger partial charge >= 0.3 is 0 Å². The molecular weight excluding hydrogens is 399 g/mol. The van der Waals surface area contributed by atoms with Crippen molar-refractivity contribution in [3.63, 3.8) is 0 Å². The third kappa shape index (κ3) is 4.54. The molecule has 0 aliphatic heterocycles. The first-order chi connectivity index (χ1) is 11.9. The van der Waals surface area contributed by atoms with E-state index in [0.717, 1.165) is 27.5 Å². The zero-order chi connectivity index (χ0) is 18.0. The fourth-order valence-corrected chi connectivity index (χ4v) is 3.89. The third-order valence-corrected chi connectivity index (χ3v) is 5.63. The maximum atomic E-state index is 6.53. The van der Waals surface area contributed by atoms with E-state index in [1.807, 2.05) is 26.0 Å². The highest BCUT2D eigenvalue weighted by Crippen LogP contribution is 2.25. The van der Waals surface area contributed by atoms with Gasteiger partial charge in [0.1, 0.15) is 5.15 Å². The van der Waals surface area contributed by atoms with Crippen LogP contribution >= 0.6 is 46.1 Å². The van der Waals surface area contributed by atoms with Crippen molar-refractivity contribution in [3.05, 3.63) is 66.3 Å². The van der Waals surface area contributed by atoms with E-state index in [2.05, 4.69) is 20.8 Å². The lowest BCUT2D eigenvalue weighted by Gasteiger charge is -2.07. The molecule has 0 amide bonds. The molecule has 4 nitrogen and oxygen atoms in total. The molecule has 0 spiro atoms. The van der Waals surface area contributed by atoms with Crippen LogP contribution in [0.15, 0.2) is 23.6 Å². The van der Waals surface area contributed by atoms with Crippen LogP contribution in [0.5, 0.6) is 0 Å². The molecule has 3 aromatic rings. The summed E-state index contributed by atoms with van der Waals surface area (Å²) >= 11 is 20.4. The Hall–Kier alpha value is -1.11. The lowest BCUT2D eigenvalue weighted by Crippen LogP contribution is -2.13. The van der Waals surface area contributed by atoms with Gasteiger partial charge in [0.2, 0.25) is 0 Å². The molecule has 25 heavy (non-hydrogen) atoms. The van der Waals surface area contributed by atoms with Crippen molar-refractivity contribution in [2.24, 2.45) is 0 Å². The molecule has 0 aliphatic rings. The average Bonchev–Trinajstić information content (AvgIpc) is 3.08. The Labute approximate surface area is 165 Å². The predicted octanol–water partition coefficient (Wildman–Crippen LogP) is 5.25. The summed E-state index contributed by atoms with van der Waals surface area (Å²) in [5, 5.41) is 12.9. The van der Waals surface area contributed by atoms with E-state index < -0.39 is 0 Å². The number of benzene rings is 1. The molecule has 0 fully saturated rings. The zero-order valence-corrected chi connectivity index (χ0v) is 16.9. The molecule has 0 atom stereocenters. The van der Waals surface area contributed by atoms with E-state index in [0.29, 0.717) is 34.8 Å². The summed E-state index contributed by atoms with van der Waals surface area (Å²) in [6.07, 6.45) is 0.